The van der Waals surface area contributed by atoms with Crippen LogP contribution in [0.1, 0.15) is 28.8 Å². The molecule has 128 valence electrons. The summed E-state index contributed by atoms with van der Waals surface area (Å²) in [5.74, 6) is 0. The molecule has 3 heterocycles. The maximum absolute atomic E-state index is 12.9. The second-order valence-corrected chi connectivity index (χ2v) is 9.44. The number of rotatable bonds is 2. The number of hydrogen-bond acceptors (Lipinski definition) is 4. The van der Waals surface area contributed by atoms with Crippen LogP contribution in [0.4, 0.5) is 0 Å². The third kappa shape index (κ3) is 2.62. The van der Waals surface area contributed by atoms with Crippen molar-refractivity contribution < 1.29 is 13.2 Å². The van der Waals surface area contributed by atoms with Gasteiger partial charge in [0.2, 0.25) is 10.0 Å². The average Bonchev–Trinajstić information content (AvgIpc) is 3.06. The van der Waals surface area contributed by atoms with Crippen molar-refractivity contribution in [1.29, 1.82) is 0 Å². The molecule has 1 aromatic carbocycles. The Hall–Kier alpha value is -1.21. The Morgan fingerprint density at radius 1 is 1.12 bits per heavy atom. The van der Waals surface area contributed by atoms with Gasteiger partial charge in [0.25, 0.3) is 0 Å². The standard InChI is InChI=1S/C18H21NO3S2/c1-14-2-4-16(5-3-14)24(20,21)19-10-8-18(9-11-19)17-15(6-12-22-18)7-13-23-17/h2-5,7,13H,6,8-12H2,1H3. The highest BCUT2D eigenvalue weighted by Crippen LogP contribution is 2.44. The molecule has 24 heavy (non-hydrogen) atoms. The van der Waals surface area contributed by atoms with Crippen molar-refractivity contribution in [2.24, 2.45) is 0 Å². The monoisotopic (exact) mass is 363 g/mol. The van der Waals surface area contributed by atoms with E-state index in [2.05, 4.69) is 11.4 Å². The number of ether oxygens (including phenoxy) is 1. The Kier molecular flexibility index (Phi) is 4.03. The summed E-state index contributed by atoms with van der Waals surface area (Å²) < 4.78 is 33.5. The van der Waals surface area contributed by atoms with Gasteiger partial charge in [0.15, 0.2) is 0 Å². The molecule has 0 N–H and O–H groups in total. The van der Waals surface area contributed by atoms with Crippen LogP contribution in [0.3, 0.4) is 0 Å². The quantitative estimate of drug-likeness (QED) is 0.822. The highest BCUT2D eigenvalue weighted by molar-refractivity contribution is 7.89. The minimum absolute atomic E-state index is 0.277. The molecule has 1 aromatic heterocycles. The lowest BCUT2D eigenvalue weighted by Gasteiger charge is -2.43. The summed E-state index contributed by atoms with van der Waals surface area (Å²) in [5.41, 5.74) is 2.16. The van der Waals surface area contributed by atoms with Crippen molar-refractivity contribution in [3.05, 3.63) is 51.7 Å². The predicted molar refractivity (Wildman–Crippen MR) is 94.8 cm³/mol. The fourth-order valence-corrected chi connectivity index (χ4v) is 6.28. The highest BCUT2D eigenvalue weighted by Gasteiger charge is 2.44. The van der Waals surface area contributed by atoms with Crippen LogP contribution in [0.25, 0.3) is 0 Å². The van der Waals surface area contributed by atoms with Crippen LogP contribution in [0, 0.1) is 6.92 Å². The van der Waals surface area contributed by atoms with Gasteiger partial charge in [-0.05, 0) is 55.3 Å². The molecule has 0 bridgehead atoms. The van der Waals surface area contributed by atoms with Gasteiger partial charge in [-0.3, -0.25) is 0 Å². The molecule has 2 aliphatic rings. The lowest BCUT2D eigenvalue weighted by molar-refractivity contribution is -0.0861. The number of thiophene rings is 1. The van der Waals surface area contributed by atoms with Gasteiger partial charge in [-0.25, -0.2) is 8.42 Å². The summed E-state index contributed by atoms with van der Waals surface area (Å²) >= 11 is 1.74. The minimum Gasteiger partial charge on any atom is -0.369 e. The first kappa shape index (κ1) is 16.3. The highest BCUT2D eigenvalue weighted by atomic mass is 32.2. The SMILES string of the molecule is Cc1ccc(S(=O)(=O)N2CCC3(CC2)OCCc2ccsc23)cc1. The number of sulfonamides is 1. The Bertz CT molecular complexity index is 831. The van der Waals surface area contributed by atoms with Crippen molar-refractivity contribution in [1.82, 2.24) is 4.31 Å². The van der Waals surface area contributed by atoms with Gasteiger partial charge in [0, 0.05) is 18.0 Å². The van der Waals surface area contributed by atoms with E-state index in [1.165, 1.54) is 10.4 Å². The van der Waals surface area contributed by atoms with E-state index in [0.717, 1.165) is 31.4 Å². The van der Waals surface area contributed by atoms with Crippen molar-refractivity contribution in [3.8, 4) is 0 Å². The Balaban J connectivity index is 1.56. The van der Waals surface area contributed by atoms with Crippen LogP contribution in [0.15, 0.2) is 40.6 Å². The van der Waals surface area contributed by atoms with Crippen LogP contribution in [0.2, 0.25) is 0 Å². The Morgan fingerprint density at radius 3 is 2.54 bits per heavy atom. The van der Waals surface area contributed by atoms with E-state index in [-0.39, 0.29) is 5.60 Å². The molecule has 0 atom stereocenters. The fraction of sp³-hybridized carbons (Fsp3) is 0.444. The average molecular weight is 364 g/mol. The van der Waals surface area contributed by atoms with Gasteiger partial charge in [0.1, 0.15) is 5.60 Å². The number of aryl methyl sites for hydroxylation is 1. The third-order valence-corrected chi connectivity index (χ3v) is 8.15. The molecule has 0 saturated carbocycles. The Labute approximate surface area is 147 Å². The Morgan fingerprint density at radius 2 is 1.83 bits per heavy atom. The maximum atomic E-state index is 12.9. The molecule has 4 rings (SSSR count). The lowest BCUT2D eigenvalue weighted by atomic mass is 9.86. The fourth-order valence-electron chi connectivity index (χ4n) is 3.67. The van der Waals surface area contributed by atoms with Gasteiger partial charge in [-0.2, -0.15) is 4.31 Å². The predicted octanol–water partition coefficient (Wildman–Crippen LogP) is 3.31. The van der Waals surface area contributed by atoms with Crippen LogP contribution < -0.4 is 0 Å². The molecular weight excluding hydrogens is 342 g/mol. The summed E-state index contributed by atoms with van der Waals surface area (Å²) in [5, 5.41) is 2.12. The summed E-state index contributed by atoms with van der Waals surface area (Å²) in [6, 6.07) is 9.27. The van der Waals surface area contributed by atoms with Crippen molar-refractivity contribution >= 4 is 21.4 Å². The number of fused-ring (bicyclic) bond motifs is 2. The molecule has 0 unspecified atom stereocenters. The van der Waals surface area contributed by atoms with E-state index in [4.69, 9.17) is 4.74 Å². The van der Waals surface area contributed by atoms with Crippen molar-refractivity contribution in [2.45, 2.75) is 36.7 Å². The van der Waals surface area contributed by atoms with E-state index < -0.39 is 10.0 Å². The number of piperidine rings is 1. The topological polar surface area (TPSA) is 46.6 Å². The van der Waals surface area contributed by atoms with E-state index >= 15 is 0 Å². The largest absolute Gasteiger partial charge is 0.369 e. The summed E-state index contributed by atoms with van der Waals surface area (Å²) in [6.07, 6.45) is 2.42. The molecule has 0 amide bonds. The van der Waals surface area contributed by atoms with E-state index in [9.17, 15) is 8.42 Å². The van der Waals surface area contributed by atoms with E-state index in [1.54, 1.807) is 27.8 Å². The van der Waals surface area contributed by atoms with Crippen molar-refractivity contribution in [2.75, 3.05) is 19.7 Å². The molecule has 0 radical (unpaired) electrons. The minimum atomic E-state index is -3.42. The zero-order valence-corrected chi connectivity index (χ0v) is 15.3. The molecule has 2 aliphatic heterocycles. The molecule has 1 spiro atoms. The third-order valence-electron chi connectivity index (χ3n) is 5.10. The van der Waals surface area contributed by atoms with Gasteiger partial charge < -0.3 is 4.74 Å². The van der Waals surface area contributed by atoms with Gasteiger partial charge in [0.05, 0.1) is 11.5 Å². The molecule has 2 aromatic rings. The first-order chi connectivity index (χ1) is 11.5. The number of nitrogens with zero attached hydrogens (tertiary/aromatic N) is 1. The summed E-state index contributed by atoms with van der Waals surface area (Å²) in [6.45, 7) is 3.70. The number of hydrogen-bond donors (Lipinski definition) is 0. The zero-order valence-electron chi connectivity index (χ0n) is 13.7. The smallest absolute Gasteiger partial charge is 0.243 e. The first-order valence-electron chi connectivity index (χ1n) is 8.29. The van der Waals surface area contributed by atoms with Crippen molar-refractivity contribution in [3.63, 3.8) is 0 Å². The molecule has 1 fully saturated rings. The zero-order chi connectivity index (χ0) is 16.8. The van der Waals surface area contributed by atoms with Gasteiger partial charge in [-0.15, -0.1) is 11.3 Å². The molecule has 6 heteroatoms. The first-order valence-corrected chi connectivity index (χ1v) is 10.6. The van der Waals surface area contributed by atoms with Crippen LogP contribution in [0.5, 0.6) is 0 Å². The lowest BCUT2D eigenvalue weighted by Crippen LogP contribution is -2.47. The summed E-state index contributed by atoms with van der Waals surface area (Å²) in [4.78, 5) is 1.69. The van der Waals surface area contributed by atoms with E-state index in [0.29, 0.717) is 18.0 Å². The maximum Gasteiger partial charge on any atom is 0.243 e. The normalized spacial score (nSPS) is 20.9. The van der Waals surface area contributed by atoms with Crippen LogP contribution in [-0.4, -0.2) is 32.4 Å². The van der Waals surface area contributed by atoms with Crippen LogP contribution in [-0.2, 0) is 26.8 Å². The van der Waals surface area contributed by atoms with E-state index in [1.807, 2.05) is 19.1 Å². The number of benzene rings is 1. The second-order valence-electron chi connectivity index (χ2n) is 6.58. The van der Waals surface area contributed by atoms with Gasteiger partial charge in [-0.1, -0.05) is 17.7 Å². The second kappa shape index (κ2) is 5.95. The molecule has 1 saturated heterocycles. The van der Waals surface area contributed by atoms with Crippen LogP contribution >= 0.6 is 11.3 Å². The molecule has 4 nitrogen and oxygen atoms in total. The molecule has 0 aliphatic carbocycles. The van der Waals surface area contributed by atoms with Gasteiger partial charge >= 0.3 is 0 Å². The molecular formula is C18H21NO3S2. The summed E-state index contributed by atoms with van der Waals surface area (Å²) in [7, 11) is -3.42.